The first-order chi connectivity index (χ1) is 8.58. The van der Waals surface area contributed by atoms with E-state index in [0.29, 0.717) is 12.0 Å². The molecule has 0 radical (unpaired) electrons. The molecule has 0 bridgehead atoms. The van der Waals surface area contributed by atoms with Crippen LogP contribution in [0.25, 0.3) is 11.1 Å². The Kier molecular flexibility index (Phi) is 2.65. The molecule has 0 unspecified atom stereocenters. The van der Waals surface area contributed by atoms with E-state index in [2.05, 4.69) is 4.98 Å². The molecule has 0 spiro atoms. The Morgan fingerprint density at radius 1 is 1.17 bits per heavy atom. The van der Waals surface area contributed by atoms with E-state index >= 15 is 0 Å². The molecule has 18 heavy (non-hydrogen) atoms. The van der Waals surface area contributed by atoms with Crippen LogP contribution in [0, 0.1) is 0 Å². The molecule has 0 N–H and O–H groups in total. The number of pyridine rings is 1. The molecule has 3 rings (SSSR count). The van der Waals surface area contributed by atoms with Gasteiger partial charge in [-0.15, -0.1) is 0 Å². The van der Waals surface area contributed by atoms with Crippen LogP contribution >= 0.6 is 23.2 Å². The largest absolute Gasteiger partial charge is 0.291 e. The zero-order valence-corrected chi connectivity index (χ0v) is 10.9. The van der Waals surface area contributed by atoms with Crippen molar-refractivity contribution in [1.82, 2.24) is 4.98 Å². The fourth-order valence-electron chi connectivity index (χ4n) is 2.19. The van der Waals surface area contributed by atoms with Crippen LogP contribution in [0.4, 0.5) is 0 Å². The lowest BCUT2D eigenvalue weighted by Gasteiger charge is -2.06. The number of nitrogens with zero attached hydrogens (tertiary/aromatic N) is 1. The van der Waals surface area contributed by atoms with Crippen molar-refractivity contribution < 1.29 is 4.79 Å². The van der Waals surface area contributed by atoms with E-state index in [1.807, 2.05) is 24.3 Å². The van der Waals surface area contributed by atoms with Gasteiger partial charge in [-0.05, 0) is 22.8 Å². The average Bonchev–Trinajstić information content (AvgIpc) is 2.60. The number of halogens is 2. The second kappa shape index (κ2) is 4.08. The van der Waals surface area contributed by atoms with Gasteiger partial charge in [0.25, 0.3) is 0 Å². The predicted octanol–water partition coefficient (Wildman–Crippen LogP) is 3.66. The van der Waals surface area contributed by atoms with E-state index in [4.69, 9.17) is 23.2 Å². The van der Waals surface area contributed by atoms with Gasteiger partial charge in [0.1, 0.15) is 0 Å². The van der Waals surface area contributed by atoms with Crippen LogP contribution in [0.3, 0.4) is 0 Å². The summed E-state index contributed by atoms with van der Waals surface area (Å²) in [4.78, 5) is 16.0. The minimum atomic E-state index is -1.31. The van der Waals surface area contributed by atoms with Crippen molar-refractivity contribution in [2.45, 2.75) is 10.8 Å². The Morgan fingerprint density at radius 2 is 2.00 bits per heavy atom. The summed E-state index contributed by atoms with van der Waals surface area (Å²) in [5.41, 5.74) is 3.54. The van der Waals surface area contributed by atoms with Gasteiger partial charge in [0.15, 0.2) is 10.1 Å². The van der Waals surface area contributed by atoms with Gasteiger partial charge in [-0.25, -0.2) is 0 Å². The summed E-state index contributed by atoms with van der Waals surface area (Å²) in [5, 5.41) is 0. The van der Waals surface area contributed by atoms with Gasteiger partial charge in [0.2, 0.25) is 0 Å². The molecule has 0 fully saturated rings. The molecule has 0 saturated heterocycles. The van der Waals surface area contributed by atoms with E-state index in [1.54, 1.807) is 18.5 Å². The van der Waals surface area contributed by atoms with Crippen molar-refractivity contribution in [2.24, 2.45) is 0 Å². The number of rotatable bonds is 1. The van der Waals surface area contributed by atoms with Crippen LogP contribution in [-0.2, 0) is 6.42 Å². The summed E-state index contributed by atoms with van der Waals surface area (Å²) < 4.78 is -1.31. The molecule has 0 atom stereocenters. The molecule has 1 aromatic heterocycles. The average molecular weight is 278 g/mol. The number of ketones is 1. The van der Waals surface area contributed by atoms with Crippen LogP contribution in [0.2, 0.25) is 0 Å². The molecule has 1 aliphatic carbocycles. The monoisotopic (exact) mass is 277 g/mol. The van der Waals surface area contributed by atoms with E-state index in [1.165, 1.54) is 0 Å². The zero-order valence-electron chi connectivity index (χ0n) is 9.36. The van der Waals surface area contributed by atoms with Crippen LogP contribution in [-0.4, -0.2) is 15.1 Å². The molecular weight excluding hydrogens is 269 g/mol. The lowest BCUT2D eigenvalue weighted by Crippen LogP contribution is -2.20. The third kappa shape index (κ3) is 1.82. The number of hydrogen-bond donors (Lipinski definition) is 0. The molecule has 1 heterocycles. The molecule has 0 aliphatic heterocycles. The maximum Gasteiger partial charge on any atom is 0.199 e. The second-order valence-corrected chi connectivity index (χ2v) is 5.81. The van der Waals surface area contributed by atoms with Crippen molar-refractivity contribution >= 4 is 29.0 Å². The topological polar surface area (TPSA) is 30.0 Å². The molecule has 4 heteroatoms. The zero-order chi connectivity index (χ0) is 12.8. The highest BCUT2D eigenvalue weighted by molar-refractivity contribution is 6.61. The van der Waals surface area contributed by atoms with Crippen LogP contribution < -0.4 is 0 Å². The highest BCUT2D eigenvalue weighted by atomic mass is 35.5. The smallest absolute Gasteiger partial charge is 0.199 e. The van der Waals surface area contributed by atoms with Gasteiger partial charge in [-0.3, -0.25) is 9.78 Å². The normalized spacial score (nSPS) is 16.7. The standard InChI is InChI=1S/C14H9Cl2NO/c15-14(16)7-11-6-9(3-4-12(11)13(14)18)10-2-1-5-17-8-10/h1-6,8H,7H2. The predicted molar refractivity (Wildman–Crippen MR) is 72.1 cm³/mol. The Morgan fingerprint density at radius 3 is 2.72 bits per heavy atom. The van der Waals surface area contributed by atoms with E-state index in [-0.39, 0.29) is 5.78 Å². The SMILES string of the molecule is O=C1c2ccc(-c3cccnc3)cc2CC1(Cl)Cl. The summed E-state index contributed by atoms with van der Waals surface area (Å²) in [6, 6.07) is 9.48. The van der Waals surface area contributed by atoms with Gasteiger partial charge >= 0.3 is 0 Å². The molecule has 0 amide bonds. The minimum absolute atomic E-state index is 0.210. The Balaban J connectivity index is 2.08. The molecule has 90 valence electrons. The summed E-state index contributed by atoms with van der Waals surface area (Å²) >= 11 is 12.0. The summed E-state index contributed by atoms with van der Waals surface area (Å²) in [6.07, 6.45) is 3.87. The third-order valence-corrected chi connectivity index (χ3v) is 3.70. The first-order valence-electron chi connectivity index (χ1n) is 5.54. The molecular formula is C14H9Cl2NO. The number of carbonyl (C=O) groups is 1. The molecule has 2 nitrogen and oxygen atoms in total. The number of hydrogen-bond acceptors (Lipinski definition) is 2. The number of aromatic nitrogens is 1. The lowest BCUT2D eigenvalue weighted by molar-refractivity contribution is 0.0985. The van der Waals surface area contributed by atoms with Crippen molar-refractivity contribution in [3.63, 3.8) is 0 Å². The first kappa shape index (κ1) is 11.7. The quantitative estimate of drug-likeness (QED) is 0.745. The van der Waals surface area contributed by atoms with E-state index in [9.17, 15) is 4.79 Å². The van der Waals surface area contributed by atoms with Gasteiger partial charge in [0.05, 0.1) is 0 Å². The molecule has 0 saturated carbocycles. The van der Waals surface area contributed by atoms with Gasteiger partial charge in [-0.2, -0.15) is 0 Å². The lowest BCUT2D eigenvalue weighted by atomic mass is 10.0. The second-order valence-electron chi connectivity index (χ2n) is 4.32. The number of alkyl halides is 2. The van der Waals surface area contributed by atoms with Crippen LogP contribution in [0.15, 0.2) is 42.7 Å². The molecule has 1 aromatic carbocycles. The summed E-state index contributed by atoms with van der Waals surface area (Å²) in [7, 11) is 0. The van der Waals surface area contributed by atoms with Crippen molar-refractivity contribution in [2.75, 3.05) is 0 Å². The first-order valence-corrected chi connectivity index (χ1v) is 6.29. The highest BCUT2D eigenvalue weighted by Crippen LogP contribution is 2.39. The fraction of sp³-hybridized carbons (Fsp3) is 0.143. The highest BCUT2D eigenvalue weighted by Gasteiger charge is 2.42. The Bertz CT molecular complexity index is 623. The number of benzene rings is 1. The van der Waals surface area contributed by atoms with E-state index in [0.717, 1.165) is 16.7 Å². The molecule has 1 aliphatic rings. The summed E-state index contributed by atoms with van der Waals surface area (Å²) in [5.74, 6) is -0.210. The number of carbonyl (C=O) groups excluding carboxylic acids is 1. The van der Waals surface area contributed by atoms with Gasteiger partial charge in [-0.1, -0.05) is 47.5 Å². The van der Waals surface area contributed by atoms with Crippen LogP contribution in [0.1, 0.15) is 15.9 Å². The van der Waals surface area contributed by atoms with Crippen molar-refractivity contribution in [1.29, 1.82) is 0 Å². The summed E-state index contributed by atoms with van der Waals surface area (Å²) in [6.45, 7) is 0. The molecule has 2 aromatic rings. The number of fused-ring (bicyclic) bond motifs is 1. The van der Waals surface area contributed by atoms with Crippen molar-refractivity contribution in [3.8, 4) is 11.1 Å². The minimum Gasteiger partial charge on any atom is -0.291 e. The van der Waals surface area contributed by atoms with Crippen LogP contribution in [0.5, 0.6) is 0 Å². The van der Waals surface area contributed by atoms with Gasteiger partial charge < -0.3 is 0 Å². The number of Topliss-reactive ketones (excluding diaryl/α,β-unsaturated/α-hetero) is 1. The van der Waals surface area contributed by atoms with Crippen molar-refractivity contribution in [3.05, 3.63) is 53.9 Å². The Hall–Kier alpha value is -1.38. The Labute approximate surface area is 115 Å². The maximum absolute atomic E-state index is 11.9. The van der Waals surface area contributed by atoms with E-state index < -0.39 is 4.33 Å². The third-order valence-electron chi connectivity index (χ3n) is 3.09. The maximum atomic E-state index is 11.9. The van der Waals surface area contributed by atoms with Gasteiger partial charge in [0, 0.05) is 24.4 Å². The fourth-order valence-corrected chi connectivity index (χ4v) is 2.68.